The van der Waals surface area contributed by atoms with Crippen molar-refractivity contribution in [3.05, 3.63) is 26.4 Å². The van der Waals surface area contributed by atoms with Crippen molar-refractivity contribution in [3.8, 4) is 0 Å². The molecule has 2 rings (SSSR count). The molecule has 0 aliphatic carbocycles. The van der Waals surface area contributed by atoms with E-state index in [0.29, 0.717) is 6.54 Å². The van der Waals surface area contributed by atoms with Crippen LogP contribution in [0.25, 0.3) is 12.3 Å². The van der Waals surface area contributed by atoms with Crippen LogP contribution in [0.3, 0.4) is 0 Å². The minimum Gasteiger partial charge on any atom is -0.629 e. The normalized spacial score (nSPS) is 22.7. The summed E-state index contributed by atoms with van der Waals surface area (Å²) in [6, 6.07) is 1.98. The molecule has 1 unspecified atom stereocenters. The first-order chi connectivity index (χ1) is 4.86. The maximum Gasteiger partial charge on any atom is 0.103 e. The molecule has 2 nitrogen and oxygen atoms in total. The lowest BCUT2D eigenvalue weighted by atomic mass is 10.3. The second kappa shape index (κ2) is 2.20. The number of rotatable bonds is 0. The van der Waals surface area contributed by atoms with Crippen LogP contribution in [0.5, 0.6) is 0 Å². The third-order valence-electron chi connectivity index (χ3n) is 1.53. The summed E-state index contributed by atoms with van der Waals surface area (Å²) in [7, 11) is 0. The van der Waals surface area contributed by atoms with Crippen LogP contribution in [0.2, 0.25) is 0 Å². The van der Waals surface area contributed by atoms with Gasteiger partial charge in [-0.25, -0.2) is 0 Å². The van der Waals surface area contributed by atoms with Gasteiger partial charge in [0.25, 0.3) is 0 Å². The van der Waals surface area contributed by atoms with Crippen molar-refractivity contribution in [2.75, 3.05) is 6.54 Å². The number of hydroxylamine groups is 2. The predicted molar refractivity (Wildman–Crippen MR) is 41.7 cm³/mol. The average molecular weight is 153 g/mol. The van der Waals surface area contributed by atoms with E-state index in [1.807, 2.05) is 17.5 Å². The molecule has 1 aromatic rings. The van der Waals surface area contributed by atoms with Gasteiger partial charge < -0.3 is 10.3 Å². The van der Waals surface area contributed by atoms with Crippen LogP contribution >= 0.6 is 11.3 Å². The Balaban J connectivity index is 2.73. The molecule has 1 aliphatic rings. The molecule has 0 fully saturated rings. The van der Waals surface area contributed by atoms with Crippen molar-refractivity contribution < 1.29 is 5.06 Å². The molecule has 0 saturated carbocycles. The summed E-state index contributed by atoms with van der Waals surface area (Å²) in [5, 5.41) is 14.2. The smallest absolute Gasteiger partial charge is 0.103 e. The van der Waals surface area contributed by atoms with Crippen LogP contribution in [0.15, 0.2) is 11.4 Å². The van der Waals surface area contributed by atoms with Crippen LogP contribution in [0, 0.1) is 5.21 Å². The Morgan fingerprint density at radius 1 is 1.60 bits per heavy atom. The zero-order chi connectivity index (χ0) is 6.97. The molecule has 1 aliphatic heterocycles. The number of fused-ring (bicyclic) bond motifs is 1. The van der Waals surface area contributed by atoms with Gasteiger partial charge >= 0.3 is 0 Å². The molecule has 1 N–H and O–H groups in total. The molecule has 52 valence electrons. The Bertz CT molecular complexity index is 341. The number of hydrogen-bond donors (Lipinski definition) is 1. The number of quaternary nitrogens is 1. The summed E-state index contributed by atoms with van der Waals surface area (Å²) in [5.41, 5.74) is 0. The monoisotopic (exact) mass is 153 g/mol. The second-order valence-electron chi connectivity index (χ2n) is 2.26. The quantitative estimate of drug-likeness (QED) is 0.459. The maximum absolute atomic E-state index is 10.8. The number of thiophene rings is 1. The zero-order valence-corrected chi connectivity index (χ0v) is 6.15. The predicted octanol–water partition coefficient (Wildman–Crippen LogP) is -1.34. The lowest BCUT2D eigenvalue weighted by Gasteiger charge is -2.15. The lowest BCUT2D eigenvalue weighted by molar-refractivity contribution is -0.750. The van der Waals surface area contributed by atoms with Gasteiger partial charge in [0.2, 0.25) is 0 Å². The van der Waals surface area contributed by atoms with Gasteiger partial charge in [-0.1, -0.05) is 0 Å². The largest absolute Gasteiger partial charge is 0.629 e. The van der Waals surface area contributed by atoms with Gasteiger partial charge in [0.05, 0.1) is 0 Å². The molecule has 0 radical (unpaired) electrons. The van der Waals surface area contributed by atoms with E-state index >= 15 is 0 Å². The molecular weight excluding hydrogens is 146 g/mol. The lowest BCUT2D eigenvalue weighted by Crippen LogP contribution is -3.02. The molecule has 0 spiro atoms. The standard InChI is InChI=1S/C7H7NOS/c9-8-3-1-7-6(5-8)2-4-10-7/h1-2,4-5,8H,3H2. The van der Waals surface area contributed by atoms with E-state index in [1.165, 1.54) is 4.53 Å². The fourth-order valence-electron chi connectivity index (χ4n) is 1.04. The fourth-order valence-corrected chi connectivity index (χ4v) is 1.85. The van der Waals surface area contributed by atoms with Crippen LogP contribution in [0.4, 0.5) is 0 Å². The van der Waals surface area contributed by atoms with E-state index < -0.39 is 0 Å². The third kappa shape index (κ3) is 0.883. The first-order valence-electron chi connectivity index (χ1n) is 3.14. The molecule has 0 aromatic carbocycles. The molecular formula is C7H7NOS. The highest BCUT2D eigenvalue weighted by atomic mass is 32.1. The minimum absolute atomic E-state index is 0.214. The first-order valence-corrected chi connectivity index (χ1v) is 4.02. The van der Waals surface area contributed by atoms with Gasteiger partial charge in [-0.15, -0.1) is 11.3 Å². The van der Waals surface area contributed by atoms with Gasteiger partial charge in [0.1, 0.15) is 12.7 Å². The first kappa shape index (κ1) is 6.09. The maximum atomic E-state index is 10.8. The molecule has 1 atom stereocenters. The van der Waals surface area contributed by atoms with Gasteiger partial charge in [-0.05, 0) is 17.5 Å². The highest BCUT2D eigenvalue weighted by Crippen LogP contribution is 1.80. The Kier molecular flexibility index (Phi) is 1.34. The Morgan fingerprint density at radius 2 is 2.50 bits per heavy atom. The summed E-state index contributed by atoms with van der Waals surface area (Å²) in [5.74, 6) is 0. The Morgan fingerprint density at radius 3 is 3.40 bits per heavy atom. The van der Waals surface area contributed by atoms with E-state index in [2.05, 4.69) is 0 Å². The highest BCUT2D eigenvalue weighted by Gasteiger charge is 1.97. The van der Waals surface area contributed by atoms with E-state index in [4.69, 9.17) is 0 Å². The van der Waals surface area contributed by atoms with E-state index in [0.717, 1.165) is 5.22 Å². The van der Waals surface area contributed by atoms with Crippen molar-refractivity contribution >= 4 is 23.6 Å². The van der Waals surface area contributed by atoms with Crippen LogP contribution in [-0.2, 0) is 0 Å². The summed E-state index contributed by atoms with van der Waals surface area (Å²) >= 11 is 1.69. The average Bonchev–Trinajstić information content (AvgIpc) is 2.33. The Labute approximate surface area is 62.3 Å². The SMILES string of the molecule is [O-][NH+]1C=c2ccsc2=CC1. The summed E-state index contributed by atoms with van der Waals surface area (Å²) < 4.78 is 1.24. The van der Waals surface area contributed by atoms with Gasteiger partial charge in [0, 0.05) is 9.75 Å². The summed E-state index contributed by atoms with van der Waals surface area (Å²) in [4.78, 5) is 0. The fraction of sp³-hybridized carbons (Fsp3) is 0.143. The van der Waals surface area contributed by atoms with Gasteiger partial charge in [-0.3, -0.25) is 0 Å². The van der Waals surface area contributed by atoms with Gasteiger partial charge in [-0.2, -0.15) is 0 Å². The number of hydrogen-bond acceptors (Lipinski definition) is 2. The van der Waals surface area contributed by atoms with Crippen molar-refractivity contribution in [1.82, 2.24) is 0 Å². The third-order valence-corrected chi connectivity index (χ3v) is 2.46. The van der Waals surface area contributed by atoms with Crippen molar-refractivity contribution in [3.63, 3.8) is 0 Å². The van der Waals surface area contributed by atoms with E-state index in [9.17, 15) is 5.21 Å². The number of nitrogens with one attached hydrogen (secondary N) is 1. The van der Waals surface area contributed by atoms with Crippen molar-refractivity contribution in [1.29, 1.82) is 0 Å². The van der Waals surface area contributed by atoms with Crippen LogP contribution < -0.4 is 14.8 Å². The molecule has 2 heterocycles. The topological polar surface area (TPSA) is 27.5 Å². The zero-order valence-electron chi connectivity index (χ0n) is 5.33. The van der Waals surface area contributed by atoms with Crippen molar-refractivity contribution in [2.24, 2.45) is 0 Å². The summed E-state index contributed by atoms with van der Waals surface area (Å²) in [6.45, 7) is 0.577. The molecule has 10 heavy (non-hydrogen) atoms. The molecule has 0 bridgehead atoms. The van der Waals surface area contributed by atoms with Crippen LogP contribution in [-0.4, -0.2) is 6.54 Å². The second-order valence-corrected chi connectivity index (χ2v) is 3.21. The molecule has 1 aromatic heterocycles. The highest BCUT2D eigenvalue weighted by molar-refractivity contribution is 7.07. The van der Waals surface area contributed by atoms with E-state index in [-0.39, 0.29) is 5.06 Å². The van der Waals surface area contributed by atoms with E-state index in [1.54, 1.807) is 17.5 Å². The van der Waals surface area contributed by atoms with Crippen molar-refractivity contribution in [2.45, 2.75) is 0 Å². The summed E-state index contributed by atoms with van der Waals surface area (Å²) in [6.07, 6.45) is 3.70. The van der Waals surface area contributed by atoms with Crippen LogP contribution in [0.1, 0.15) is 0 Å². The molecule has 3 heteroatoms. The molecule has 0 amide bonds. The van der Waals surface area contributed by atoms with Gasteiger partial charge in [0.15, 0.2) is 0 Å². The Hall–Kier alpha value is -0.640. The minimum atomic E-state index is 0.214. The molecule has 0 saturated heterocycles.